The maximum absolute atomic E-state index is 6.61. The number of aryl methyl sites for hydroxylation is 2. The summed E-state index contributed by atoms with van der Waals surface area (Å²) in [5.41, 5.74) is 4.74. The summed E-state index contributed by atoms with van der Waals surface area (Å²) in [5, 5.41) is -0.148. The molecule has 0 aromatic heterocycles. The van der Waals surface area contributed by atoms with E-state index in [0.717, 1.165) is 16.9 Å². The summed E-state index contributed by atoms with van der Waals surface area (Å²) in [7, 11) is 0. The molecule has 0 saturated carbocycles. The fourth-order valence-corrected chi connectivity index (χ4v) is 2.40. The SMILES string of the molecule is Cc1ccc(C(Cl)c2cccc(OC(C)C)c2)cc1C. The molecule has 2 aromatic carbocycles. The molecule has 0 radical (unpaired) electrons. The molecule has 0 N–H and O–H groups in total. The molecule has 0 amide bonds. The van der Waals surface area contributed by atoms with Gasteiger partial charge in [-0.1, -0.05) is 30.3 Å². The van der Waals surface area contributed by atoms with Crippen LogP contribution in [0.2, 0.25) is 0 Å². The summed E-state index contributed by atoms with van der Waals surface area (Å²) in [6, 6.07) is 14.4. The zero-order valence-electron chi connectivity index (χ0n) is 12.5. The lowest BCUT2D eigenvalue weighted by molar-refractivity contribution is 0.242. The van der Waals surface area contributed by atoms with Crippen molar-refractivity contribution in [3.63, 3.8) is 0 Å². The van der Waals surface area contributed by atoms with Gasteiger partial charge in [-0.25, -0.2) is 0 Å². The Kier molecular flexibility index (Phi) is 4.72. The second-order valence-electron chi connectivity index (χ2n) is 5.45. The van der Waals surface area contributed by atoms with Crippen molar-refractivity contribution >= 4 is 11.6 Å². The first-order valence-electron chi connectivity index (χ1n) is 6.95. The molecule has 0 aliphatic rings. The number of rotatable bonds is 4. The summed E-state index contributed by atoms with van der Waals surface area (Å²) < 4.78 is 5.73. The Morgan fingerprint density at radius 1 is 0.900 bits per heavy atom. The van der Waals surface area contributed by atoms with Crippen LogP contribution in [0.1, 0.15) is 41.5 Å². The summed E-state index contributed by atoms with van der Waals surface area (Å²) in [6.45, 7) is 8.27. The van der Waals surface area contributed by atoms with Crippen LogP contribution >= 0.6 is 11.6 Å². The molecule has 0 saturated heterocycles. The second-order valence-corrected chi connectivity index (χ2v) is 5.88. The molecule has 1 atom stereocenters. The van der Waals surface area contributed by atoms with Crippen LogP contribution in [-0.2, 0) is 0 Å². The van der Waals surface area contributed by atoms with Crippen LogP contribution in [0.15, 0.2) is 42.5 Å². The van der Waals surface area contributed by atoms with Crippen LogP contribution in [0.3, 0.4) is 0 Å². The van der Waals surface area contributed by atoms with Crippen molar-refractivity contribution in [3.05, 3.63) is 64.7 Å². The third-order valence-corrected chi connectivity index (χ3v) is 3.85. The summed E-state index contributed by atoms with van der Waals surface area (Å²) >= 11 is 6.61. The molecule has 0 spiro atoms. The highest BCUT2D eigenvalue weighted by Crippen LogP contribution is 2.31. The van der Waals surface area contributed by atoms with E-state index in [4.69, 9.17) is 16.3 Å². The van der Waals surface area contributed by atoms with Crippen LogP contribution in [0.5, 0.6) is 5.75 Å². The first-order chi connectivity index (χ1) is 9.47. The van der Waals surface area contributed by atoms with Crippen molar-refractivity contribution in [1.82, 2.24) is 0 Å². The Balaban J connectivity index is 2.28. The van der Waals surface area contributed by atoms with E-state index in [2.05, 4.69) is 32.0 Å². The van der Waals surface area contributed by atoms with Crippen molar-refractivity contribution in [3.8, 4) is 5.75 Å². The van der Waals surface area contributed by atoms with Gasteiger partial charge in [0.1, 0.15) is 5.75 Å². The Morgan fingerprint density at radius 2 is 1.60 bits per heavy atom. The monoisotopic (exact) mass is 288 g/mol. The number of ether oxygens (including phenoxy) is 1. The molecule has 2 heteroatoms. The van der Waals surface area contributed by atoms with Crippen LogP contribution in [0, 0.1) is 13.8 Å². The third-order valence-electron chi connectivity index (χ3n) is 3.35. The predicted molar refractivity (Wildman–Crippen MR) is 85.8 cm³/mol. The number of alkyl halides is 1. The quantitative estimate of drug-likeness (QED) is 0.683. The molecule has 0 bridgehead atoms. The second kappa shape index (κ2) is 6.32. The third kappa shape index (κ3) is 3.55. The van der Waals surface area contributed by atoms with E-state index in [0.29, 0.717) is 0 Å². The lowest BCUT2D eigenvalue weighted by atomic mass is 10.00. The van der Waals surface area contributed by atoms with Crippen LogP contribution in [0.25, 0.3) is 0 Å². The molecule has 2 rings (SSSR count). The topological polar surface area (TPSA) is 9.23 Å². The van der Waals surface area contributed by atoms with E-state index in [9.17, 15) is 0 Å². The van der Waals surface area contributed by atoms with Crippen molar-refractivity contribution < 1.29 is 4.74 Å². The maximum Gasteiger partial charge on any atom is 0.120 e. The highest BCUT2D eigenvalue weighted by Gasteiger charge is 2.12. The highest BCUT2D eigenvalue weighted by molar-refractivity contribution is 6.22. The van der Waals surface area contributed by atoms with Gasteiger partial charge in [0.25, 0.3) is 0 Å². The summed E-state index contributed by atoms with van der Waals surface area (Å²) in [5.74, 6) is 0.868. The zero-order chi connectivity index (χ0) is 14.7. The number of halogens is 1. The molecular weight excluding hydrogens is 268 g/mol. The van der Waals surface area contributed by atoms with Crippen molar-refractivity contribution in [2.24, 2.45) is 0 Å². The van der Waals surface area contributed by atoms with Gasteiger partial charge in [-0.2, -0.15) is 0 Å². The Hall–Kier alpha value is -1.47. The van der Waals surface area contributed by atoms with Gasteiger partial charge in [0.2, 0.25) is 0 Å². The molecule has 1 unspecified atom stereocenters. The average molecular weight is 289 g/mol. The van der Waals surface area contributed by atoms with E-state index in [1.54, 1.807) is 0 Å². The summed E-state index contributed by atoms with van der Waals surface area (Å²) in [4.78, 5) is 0. The van der Waals surface area contributed by atoms with Crippen molar-refractivity contribution in [1.29, 1.82) is 0 Å². The lowest BCUT2D eigenvalue weighted by Crippen LogP contribution is -2.06. The first-order valence-corrected chi connectivity index (χ1v) is 7.39. The van der Waals surface area contributed by atoms with Gasteiger partial charge in [0.05, 0.1) is 11.5 Å². The lowest BCUT2D eigenvalue weighted by Gasteiger charge is -2.15. The van der Waals surface area contributed by atoms with Crippen LogP contribution in [-0.4, -0.2) is 6.10 Å². The standard InChI is InChI=1S/C18H21ClO/c1-12(2)20-17-7-5-6-15(11-17)18(19)16-9-8-13(3)14(4)10-16/h5-12,18H,1-4H3. The molecule has 0 aliphatic carbocycles. The summed E-state index contributed by atoms with van der Waals surface area (Å²) in [6.07, 6.45) is 0.167. The molecule has 20 heavy (non-hydrogen) atoms. The van der Waals surface area contributed by atoms with Gasteiger partial charge in [-0.3, -0.25) is 0 Å². The molecule has 0 fully saturated rings. The average Bonchev–Trinajstić information content (AvgIpc) is 2.40. The van der Waals surface area contributed by atoms with Crippen LogP contribution in [0.4, 0.5) is 0 Å². The van der Waals surface area contributed by atoms with Gasteiger partial charge in [-0.05, 0) is 62.1 Å². The number of benzene rings is 2. The fraction of sp³-hybridized carbons (Fsp3) is 0.333. The zero-order valence-corrected chi connectivity index (χ0v) is 13.2. The van der Waals surface area contributed by atoms with Crippen LogP contribution < -0.4 is 4.74 Å². The Bertz CT molecular complexity index is 590. The van der Waals surface area contributed by atoms with Gasteiger partial charge < -0.3 is 4.74 Å². The minimum Gasteiger partial charge on any atom is -0.491 e. The minimum atomic E-state index is -0.148. The van der Waals surface area contributed by atoms with E-state index in [-0.39, 0.29) is 11.5 Å². The molecule has 0 aliphatic heterocycles. The molecular formula is C18H21ClO. The Morgan fingerprint density at radius 3 is 2.25 bits per heavy atom. The number of hydrogen-bond acceptors (Lipinski definition) is 1. The van der Waals surface area contributed by atoms with Gasteiger partial charge in [-0.15, -0.1) is 11.6 Å². The highest BCUT2D eigenvalue weighted by atomic mass is 35.5. The van der Waals surface area contributed by atoms with Gasteiger partial charge in [0.15, 0.2) is 0 Å². The molecule has 1 nitrogen and oxygen atoms in total. The first kappa shape index (κ1) is 14.9. The van der Waals surface area contributed by atoms with Crippen molar-refractivity contribution in [2.75, 3.05) is 0 Å². The molecule has 0 heterocycles. The van der Waals surface area contributed by atoms with E-state index in [1.807, 2.05) is 38.1 Å². The molecule has 106 valence electrons. The Labute approximate surface area is 126 Å². The van der Waals surface area contributed by atoms with E-state index >= 15 is 0 Å². The minimum absolute atomic E-state index is 0.148. The normalized spacial score (nSPS) is 12.5. The fourth-order valence-electron chi connectivity index (χ4n) is 2.13. The predicted octanol–water partition coefficient (Wildman–Crippen LogP) is 5.42. The smallest absolute Gasteiger partial charge is 0.120 e. The largest absolute Gasteiger partial charge is 0.491 e. The van der Waals surface area contributed by atoms with E-state index in [1.165, 1.54) is 11.1 Å². The van der Waals surface area contributed by atoms with Gasteiger partial charge >= 0.3 is 0 Å². The maximum atomic E-state index is 6.61. The van der Waals surface area contributed by atoms with Crippen molar-refractivity contribution in [2.45, 2.75) is 39.2 Å². The molecule has 2 aromatic rings. The number of hydrogen-bond donors (Lipinski definition) is 0. The van der Waals surface area contributed by atoms with Gasteiger partial charge in [0, 0.05) is 0 Å². The van der Waals surface area contributed by atoms with E-state index < -0.39 is 0 Å².